The summed E-state index contributed by atoms with van der Waals surface area (Å²) in [6, 6.07) is 26.1. The van der Waals surface area contributed by atoms with Gasteiger partial charge in [0.05, 0.1) is 32.0 Å². The van der Waals surface area contributed by atoms with Gasteiger partial charge in [0.15, 0.2) is 4.80 Å². The van der Waals surface area contributed by atoms with Crippen molar-refractivity contribution in [3.63, 3.8) is 0 Å². The Kier molecular flexibility index (Phi) is 10.2. The Labute approximate surface area is 303 Å². The zero-order chi connectivity index (χ0) is 32.4. The molecule has 0 saturated carbocycles. The highest BCUT2D eigenvalue weighted by atomic mass is 127. The topological polar surface area (TPSA) is 69.9 Å². The zero-order valence-electron chi connectivity index (χ0n) is 24.2. The maximum atomic E-state index is 14.3. The number of ether oxygens (including phenoxy) is 2. The van der Waals surface area contributed by atoms with Crippen LogP contribution in [-0.2, 0) is 16.1 Å². The second kappa shape index (κ2) is 14.3. The summed E-state index contributed by atoms with van der Waals surface area (Å²) in [6.45, 7) is 2.21. The molecule has 0 saturated heterocycles. The van der Waals surface area contributed by atoms with E-state index in [0.717, 1.165) is 22.7 Å². The summed E-state index contributed by atoms with van der Waals surface area (Å²) in [5.74, 6) is -0.364. The molecule has 0 bridgehead atoms. The van der Waals surface area contributed by atoms with Gasteiger partial charge in [-0.25, -0.2) is 14.2 Å². The molecular weight excluding hydrogens is 897 g/mol. The number of esters is 1. The fourth-order valence-corrected chi connectivity index (χ4v) is 8.42. The van der Waals surface area contributed by atoms with Crippen molar-refractivity contribution in [1.29, 1.82) is 0 Å². The predicted octanol–water partition coefficient (Wildman–Crippen LogP) is 7.63. The Bertz CT molecular complexity index is 2150. The van der Waals surface area contributed by atoms with E-state index in [1.807, 2.05) is 72.8 Å². The van der Waals surface area contributed by atoms with E-state index in [0.29, 0.717) is 38.5 Å². The molecule has 0 radical (unpaired) electrons. The molecule has 1 atom stereocenters. The Balaban J connectivity index is 1.55. The van der Waals surface area contributed by atoms with Gasteiger partial charge >= 0.3 is 5.97 Å². The number of rotatable bonds is 8. The highest BCUT2D eigenvalue weighted by molar-refractivity contribution is 14.1. The summed E-state index contributed by atoms with van der Waals surface area (Å²) >= 11 is 9.18. The van der Waals surface area contributed by atoms with Crippen molar-refractivity contribution in [3.05, 3.63) is 156 Å². The van der Waals surface area contributed by atoms with Gasteiger partial charge in [-0.3, -0.25) is 9.36 Å². The molecule has 1 aromatic heterocycles. The van der Waals surface area contributed by atoms with E-state index in [2.05, 4.69) is 61.1 Å². The van der Waals surface area contributed by atoms with Gasteiger partial charge in [0, 0.05) is 19.2 Å². The van der Waals surface area contributed by atoms with Crippen molar-refractivity contribution in [2.24, 2.45) is 4.99 Å². The second-order valence-electron chi connectivity index (χ2n) is 10.2. The summed E-state index contributed by atoms with van der Waals surface area (Å²) in [5.41, 5.74) is 3.28. The van der Waals surface area contributed by atoms with Crippen molar-refractivity contribution in [2.75, 3.05) is 6.61 Å². The van der Waals surface area contributed by atoms with Gasteiger partial charge in [0.25, 0.3) is 5.56 Å². The Morgan fingerprint density at radius 3 is 2.46 bits per heavy atom. The van der Waals surface area contributed by atoms with Gasteiger partial charge < -0.3 is 9.47 Å². The highest BCUT2D eigenvalue weighted by Gasteiger charge is 2.35. The summed E-state index contributed by atoms with van der Waals surface area (Å²) < 4.78 is 30.7. The fourth-order valence-electron chi connectivity index (χ4n) is 5.12. The van der Waals surface area contributed by atoms with E-state index in [-0.39, 0.29) is 17.7 Å². The van der Waals surface area contributed by atoms with Crippen molar-refractivity contribution in [1.82, 2.24) is 4.57 Å². The minimum Gasteiger partial charge on any atom is -0.487 e. The molecule has 1 aliphatic rings. The summed E-state index contributed by atoms with van der Waals surface area (Å²) in [6.07, 6.45) is 1.81. The molecule has 232 valence electrons. The summed E-state index contributed by atoms with van der Waals surface area (Å²) in [7, 11) is 0. The lowest BCUT2D eigenvalue weighted by atomic mass is 9.93. The van der Waals surface area contributed by atoms with Crippen LogP contribution in [-0.4, -0.2) is 17.1 Å². The van der Waals surface area contributed by atoms with E-state index < -0.39 is 17.8 Å². The standard InChI is InChI=1S/C35H24BrFI2N2O4S/c1-2-44-34(43)29-30(21-6-4-3-5-7-21)40-35-41(31(29)22-10-14-25(37)15-11-22)33(42)28(46-35)17-23-16-26(38)18-27(39)32(23)45-19-20-8-12-24(36)13-9-20/h3-18,31H,2,19H2,1H3/b28-17-/t31-/m0/s1. The van der Waals surface area contributed by atoms with Crippen molar-refractivity contribution in [2.45, 2.75) is 19.6 Å². The van der Waals surface area contributed by atoms with E-state index in [9.17, 15) is 14.0 Å². The number of hydrogen-bond acceptors (Lipinski definition) is 6. The first-order valence-electron chi connectivity index (χ1n) is 14.1. The molecule has 0 spiro atoms. The van der Waals surface area contributed by atoms with Crippen LogP contribution >= 0.6 is 72.4 Å². The van der Waals surface area contributed by atoms with E-state index in [1.54, 1.807) is 19.1 Å². The molecule has 1 aliphatic heterocycles. The Morgan fingerprint density at radius 1 is 1.04 bits per heavy atom. The van der Waals surface area contributed by atoms with Crippen LogP contribution in [0.5, 0.6) is 5.75 Å². The van der Waals surface area contributed by atoms with Crippen LogP contribution in [0.2, 0.25) is 0 Å². The molecule has 46 heavy (non-hydrogen) atoms. The van der Waals surface area contributed by atoms with Crippen molar-refractivity contribution in [3.8, 4) is 5.75 Å². The number of hydrogen-bond donors (Lipinski definition) is 0. The molecule has 0 N–H and O–H groups in total. The molecule has 0 unspecified atom stereocenters. The van der Waals surface area contributed by atoms with E-state index in [4.69, 9.17) is 14.5 Å². The second-order valence-corrected chi connectivity index (χ2v) is 14.5. The molecule has 6 nitrogen and oxygen atoms in total. The van der Waals surface area contributed by atoms with Crippen LogP contribution in [0.1, 0.15) is 35.2 Å². The van der Waals surface area contributed by atoms with Crippen molar-refractivity contribution < 1.29 is 18.7 Å². The van der Waals surface area contributed by atoms with Gasteiger partial charge in [-0.05, 0) is 106 Å². The lowest BCUT2D eigenvalue weighted by molar-refractivity contribution is -0.138. The highest BCUT2D eigenvalue weighted by Crippen LogP contribution is 2.35. The van der Waals surface area contributed by atoms with E-state index >= 15 is 0 Å². The minimum absolute atomic E-state index is 0.138. The number of aromatic nitrogens is 1. The minimum atomic E-state index is -0.891. The van der Waals surface area contributed by atoms with Gasteiger partial charge in [0.2, 0.25) is 0 Å². The quantitative estimate of drug-likeness (QED) is 0.119. The average Bonchev–Trinajstić information content (AvgIpc) is 3.35. The van der Waals surface area contributed by atoms with Gasteiger partial charge in [-0.15, -0.1) is 0 Å². The maximum absolute atomic E-state index is 14.3. The number of benzene rings is 4. The maximum Gasteiger partial charge on any atom is 0.338 e. The van der Waals surface area contributed by atoms with Crippen LogP contribution in [0.4, 0.5) is 4.39 Å². The lowest BCUT2D eigenvalue weighted by Crippen LogP contribution is -2.40. The molecule has 0 fully saturated rings. The third-order valence-corrected chi connectivity index (χ3v) is 10.1. The number of thiazole rings is 1. The molecule has 6 rings (SSSR count). The first kappa shape index (κ1) is 32.8. The third-order valence-electron chi connectivity index (χ3n) is 7.18. The fraction of sp³-hybridized carbons (Fsp3) is 0.114. The number of carbonyl (C=O) groups excluding carboxylic acids is 1. The summed E-state index contributed by atoms with van der Waals surface area (Å²) in [4.78, 5) is 33.2. The van der Waals surface area contributed by atoms with Gasteiger partial charge in [-0.2, -0.15) is 0 Å². The molecule has 2 heterocycles. The van der Waals surface area contributed by atoms with Crippen molar-refractivity contribution >= 4 is 90.2 Å². The number of nitrogens with zero attached hydrogens (tertiary/aromatic N) is 2. The molecule has 11 heteroatoms. The monoisotopic (exact) mass is 920 g/mol. The smallest absolute Gasteiger partial charge is 0.338 e. The van der Waals surface area contributed by atoms with E-state index in [1.165, 1.54) is 28.0 Å². The summed E-state index contributed by atoms with van der Waals surface area (Å²) in [5, 5.41) is 0. The van der Waals surface area contributed by atoms with Crippen LogP contribution < -0.4 is 19.6 Å². The Hall–Kier alpha value is -3.14. The zero-order valence-corrected chi connectivity index (χ0v) is 30.9. The normalized spacial score (nSPS) is 14.5. The van der Waals surface area contributed by atoms with Crippen LogP contribution in [0.25, 0.3) is 11.8 Å². The lowest BCUT2D eigenvalue weighted by Gasteiger charge is -2.25. The number of halogens is 4. The molecule has 4 aromatic carbocycles. The van der Waals surface area contributed by atoms with Gasteiger partial charge in [0.1, 0.15) is 18.2 Å². The first-order chi connectivity index (χ1) is 22.2. The van der Waals surface area contributed by atoms with Crippen LogP contribution in [0.3, 0.4) is 0 Å². The van der Waals surface area contributed by atoms with Crippen LogP contribution in [0.15, 0.2) is 111 Å². The number of carbonyl (C=O) groups is 1. The Morgan fingerprint density at radius 2 is 1.76 bits per heavy atom. The third kappa shape index (κ3) is 6.92. The molecule has 0 amide bonds. The SMILES string of the molecule is CCOC(=O)C1=C(c2ccccc2)N=c2s/c(=C\c3cc(I)cc(I)c3OCc3ccc(Br)cc3)c(=O)n2[C@H]1c1ccc(F)cc1. The molecule has 0 aliphatic carbocycles. The number of fused-ring (bicyclic) bond motifs is 1. The predicted molar refractivity (Wildman–Crippen MR) is 198 cm³/mol. The molecular formula is C35H24BrFI2N2O4S. The molecule has 5 aromatic rings. The van der Waals surface area contributed by atoms with Gasteiger partial charge in [-0.1, -0.05) is 81.9 Å². The van der Waals surface area contributed by atoms with Crippen LogP contribution in [0, 0.1) is 13.0 Å². The average molecular weight is 921 g/mol. The first-order valence-corrected chi connectivity index (χ1v) is 17.9. The largest absolute Gasteiger partial charge is 0.487 e.